The molecule has 0 aromatic carbocycles. The molecule has 1 rings (SSSR count). The van der Waals surface area contributed by atoms with Crippen molar-refractivity contribution in [2.45, 2.75) is 45.6 Å². The zero-order chi connectivity index (χ0) is 27.6. The summed E-state index contributed by atoms with van der Waals surface area (Å²) in [6, 6.07) is -0.554. The van der Waals surface area contributed by atoms with E-state index in [0.29, 0.717) is 31.9 Å². The second-order valence-corrected chi connectivity index (χ2v) is 9.45. The van der Waals surface area contributed by atoms with E-state index in [2.05, 4.69) is 63.7 Å². The first-order chi connectivity index (χ1) is 17.6. The van der Waals surface area contributed by atoms with E-state index < -0.39 is 6.04 Å². The van der Waals surface area contributed by atoms with E-state index in [1.54, 1.807) is 26.2 Å². The lowest BCUT2D eigenvalue weighted by Gasteiger charge is -2.23. The fraction of sp³-hybridized carbons (Fsp3) is 0.630. The zero-order valence-electron chi connectivity index (χ0n) is 23.7. The van der Waals surface area contributed by atoms with Gasteiger partial charge in [-0.15, -0.1) is 0 Å². The maximum absolute atomic E-state index is 12.4. The van der Waals surface area contributed by atoms with Crippen molar-refractivity contribution in [2.75, 3.05) is 78.6 Å². The monoisotopic (exact) mass is 514 g/mol. The van der Waals surface area contributed by atoms with Crippen molar-refractivity contribution in [3.05, 3.63) is 23.9 Å². The largest absolute Gasteiger partial charge is 0.369 e. The standard InChI is InChI=1S/C27H46N8O2/c1-8-16-28-25-23(21-31-27(32-25)30-18-13-20-34(5)6)14-10-9-11-17-29-26(37)22(2)35(7)24(36)15-12-19-33(3)4/h12,15,21-22H,8-9,11,13,16-20H2,1-7H3,(H,29,37)(H2,28,30,31,32)/b15-12+/t22-/m0/s1. The molecule has 37 heavy (non-hydrogen) atoms. The quantitative estimate of drug-likeness (QED) is 0.174. The van der Waals surface area contributed by atoms with E-state index >= 15 is 0 Å². The highest BCUT2D eigenvalue weighted by atomic mass is 16.2. The first-order valence-corrected chi connectivity index (χ1v) is 13.0. The molecule has 0 aliphatic heterocycles. The Morgan fingerprint density at radius 2 is 1.81 bits per heavy atom. The van der Waals surface area contributed by atoms with Crippen molar-refractivity contribution in [1.82, 2.24) is 30.0 Å². The van der Waals surface area contributed by atoms with Crippen LogP contribution in [0.15, 0.2) is 18.3 Å². The minimum Gasteiger partial charge on any atom is -0.369 e. The number of aromatic nitrogens is 2. The van der Waals surface area contributed by atoms with Crippen molar-refractivity contribution in [3.8, 4) is 11.8 Å². The number of amides is 2. The maximum Gasteiger partial charge on any atom is 0.246 e. The van der Waals surface area contributed by atoms with E-state index in [4.69, 9.17) is 0 Å². The third kappa shape index (κ3) is 13.6. The number of rotatable bonds is 16. The Bertz CT molecular complexity index is 921. The molecule has 3 N–H and O–H groups in total. The summed E-state index contributed by atoms with van der Waals surface area (Å²) < 4.78 is 0. The average Bonchev–Trinajstić information content (AvgIpc) is 2.86. The van der Waals surface area contributed by atoms with Crippen LogP contribution in [-0.4, -0.2) is 110 Å². The number of carbonyl (C=O) groups is 2. The SMILES string of the molecule is CCCNc1nc(NCCCN(C)C)ncc1C#CCCCNC(=O)[C@H](C)N(C)C(=O)/C=C/CN(C)C. The van der Waals surface area contributed by atoms with E-state index in [-0.39, 0.29) is 11.8 Å². The molecule has 0 aliphatic rings. The summed E-state index contributed by atoms with van der Waals surface area (Å²) in [5.74, 6) is 7.26. The highest BCUT2D eigenvalue weighted by molar-refractivity contribution is 5.92. The zero-order valence-corrected chi connectivity index (χ0v) is 23.7. The molecule has 0 radical (unpaired) electrons. The number of nitrogens with one attached hydrogen (secondary N) is 3. The van der Waals surface area contributed by atoms with Gasteiger partial charge >= 0.3 is 0 Å². The molecule has 0 aliphatic carbocycles. The van der Waals surface area contributed by atoms with Gasteiger partial charge in [0.05, 0.1) is 11.8 Å². The summed E-state index contributed by atoms with van der Waals surface area (Å²) in [5.41, 5.74) is 0.757. The molecule has 2 amide bonds. The molecule has 1 aromatic rings. The minimum atomic E-state index is -0.554. The molecule has 10 heteroatoms. The third-order valence-corrected chi connectivity index (χ3v) is 5.44. The molecular formula is C27H46N8O2. The van der Waals surface area contributed by atoms with E-state index in [1.165, 1.54) is 11.0 Å². The van der Waals surface area contributed by atoms with Gasteiger partial charge < -0.3 is 30.7 Å². The summed E-state index contributed by atoms with van der Waals surface area (Å²) in [7, 11) is 9.60. The van der Waals surface area contributed by atoms with Gasteiger partial charge in [0.25, 0.3) is 0 Å². The maximum atomic E-state index is 12.4. The van der Waals surface area contributed by atoms with E-state index in [1.807, 2.05) is 19.0 Å². The van der Waals surface area contributed by atoms with Gasteiger partial charge in [-0.25, -0.2) is 4.98 Å². The van der Waals surface area contributed by atoms with Crippen LogP contribution in [0.1, 0.15) is 45.1 Å². The number of likely N-dealkylation sites (N-methyl/N-ethyl adjacent to an activating group) is 2. The molecular weight excluding hydrogens is 468 g/mol. The van der Waals surface area contributed by atoms with Crippen LogP contribution < -0.4 is 16.0 Å². The van der Waals surface area contributed by atoms with Crippen LogP contribution in [0.25, 0.3) is 0 Å². The molecule has 0 fully saturated rings. The molecule has 10 nitrogen and oxygen atoms in total. The third-order valence-electron chi connectivity index (χ3n) is 5.44. The molecule has 206 valence electrons. The average molecular weight is 515 g/mol. The lowest BCUT2D eigenvalue weighted by Crippen LogP contribution is -2.45. The van der Waals surface area contributed by atoms with Crippen LogP contribution in [0, 0.1) is 11.8 Å². The Kier molecular flexibility index (Phi) is 15.6. The van der Waals surface area contributed by atoms with Gasteiger partial charge in [0, 0.05) is 45.7 Å². The molecule has 1 aromatic heterocycles. The van der Waals surface area contributed by atoms with Crippen molar-refractivity contribution in [2.24, 2.45) is 0 Å². The Labute approximate surface area is 223 Å². The van der Waals surface area contributed by atoms with Crippen LogP contribution >= 0.6 is 0 Å². The summed E-state index contributed by atoms with van der Waals surface area (Å²) in [4.78, 5) is 39.2. The highest BCUT2D eigenvalue weighted by Gasteiger charge is 2.20. The molecule has 0 saturated carbocycles. The Balaban J connectivity index is 2.53. The molecule has 0 unspecified atom stereocenters. The van der Waals surface area contributed by atoms with Crippen LogP contribution in [0.3, 0.4) is 0 Å². The van der Waals surface area contributed by atoms with Crippen LogP contribution in [0.5, 0.6) is 0 Å². The number of unbranched alkanes of at least 4 members (excludes halogenated alkanes) is 1. The number of hydrogen-bond acceptors (Lipinski definition) is 8. The molecule has 0 saturated heterocycles. The van der Waals surface area contributed by atoms with Gasteiger partial charge in [-0.3, -0.25) is 9.59 Å². The number of hydrogen-bond donors (Lipinski definition) is 3. The van der Waals surface area contributed by atoms with Gasteiger partial charge in [-0.1, -0.05) is 24.8 Å². The summed E-state index contributed by atoms with van der Waals surface area (Å²) >= 11 is 0. The van der Waals surface area contributed by atoms with Gasteiger partial charge in [-0.05, 0) is 60.9 Å². The van der Waals surface area contributed by atoms with Crippen LogP contribution in [0.4, 0.5) is 11.8 Å². The summed E-state index contributed by atoms with van der Waals surface area (Å²) in [6.07, 6.45) is 8.34. The molecule has 0 spiro atoms. The van der Waals surface area contributed by atoms with Crippen molar-refractivity contribution < 1.29 is 9.59 Å². The van der Waals surface area contributed by atoms with E-state index in [9.17, 15) is 9.59 Å². The lowest BCUT2D eigenvalue weighted by atomic mass is 10.2. The number of carbonyl (C=O) groups excluding carboxylic acids is 2. The number of anilines is 2. The predicted octanol–water partition coefficient (Wildman–Crippen LogP) is 1.87. The smallest absolute Gasteiger partial charge is 0.246 e. The van der Waals surface area contributed by atoms with Crippen LogP contribution in [0.2, 0.25) is 0 Å². The normalized spacial score (nSPS) is 11.8. The predicted molar refractivity (Wildman–Crippen MR) is 152 cm³/mol. The van der Waals surface area contributed by atoms with Crippen molar-refractivity contribution in [3.63, 3.8) is 0 Å². The molecule has 1 atom stereocenters. The van der Waals surface area contributed by atoms with Gasteiger partial charge in [-0.2, -0.15) is 4.98 Å². The highest BCUT2D eigenvalue weighted by Crippen LogP contribution is 2.13. The minimum absolute atomic E-state index is 0.182. The summed E-state index contributed by atoms with van der Waals surface area (Å²) in [6.45, 7) is 7.59. The first kappa shape index (κ1) is 31.9. The molecule has 0 bridgehead atoms. The second kappa shape index (κ2) is 18.1. The number of nitrogens with zero attached hydrogens (tertiary/aromatic N) is 5. The van der Waals surface area contributed by atoms with Gasteiger partial charge in [0.1, 0.15) is 11.9 Å². The Morgan fingerprint density at radius 1 is 1.05 bits per heavy atom. The van der Waals surface area contributed by atoms with Crippen molar-refractivity contribution >= 4 is 23.6 Å². The topological polar surface area (TPSA) is 106 Å². The first-order valence-electron chi connectivity index (χ1n) is 13.0. The Hall–Kier alpha value is -3.16. The lowest BCUT2D eigenvalue weighted by molar-refractivity contribution is -0.135. The van der Waals surface area contributed by atoms with Gasteiger partial charge in [0.15, 0.2) is 0 Å². The molecule has 1 heterocycles. The summed E-state index contributed by atoms with van der Waals surface area (Å²) in [5, 5.41) is 9.49. The fourth-order valence-electron chi connectivity index (χ4n) is 3.07. The Morgan fingerprint density at radius 3 is 2.49 bits per heavy atom. The van der Waals surface area contributed by atoms with Gasteiger partial charge in [0.2, 0.25) is 17.8 Å². The van der Waals surface area contributed by atoms with Crippen LogP contribution in [-0.2, 0) is 9.59 Å². The second-order valence-electron chi connectivity index (χ2n) is 9.45. The fourth-order valence-corrected chi connectivity index (χ4v) is 3.07. The van der Waals surface area contributed by atoms with E-state index in [0.717, 1.165) is 43.9 Å². The van der Waals surface area contributed by atoms with Crippen molar-refractivity contribution in [1.29, 1.82) is 0 Å².